The number of benzene rings is 1. The van der Waals surface area contributed by atoms with E-state index in [4.69, 9.17) is 11.6 Å². The van der Waals surface area contributed by atoms with E-state index in [1.807, 2.05) is 12.1 Å². The molecule has 1 aromatic rings. The predicted molar refractivity (Wildman–Crippen MR) is 104 cm³/mol. The maximum Gasteiger partial charge on any atom is 0.223 e. The average molecular weight is 383 g/mol. The zero-order chi connectivity index (χ0) is 16.7. The lowest BCUT2D eigenvalue weighted by molar-refractivity contribution is -0.135. The normalized spacial score (nSPS) is 29.0. The van der Waals surface area contributed by atoms with Crippen LogP contribution in [0.5, 0.6) is 0 Å². The van der Waals surface area contributed by atoms with E-state index in [1.54, 1.807) is 0 Å². The number of nitrogens with one attached hydrogen (secondary N) is 1. The number of amides is 1. The summed E-state index contributed by atoms with van der Waals surface area (Å²) in [5.41, 5.74) is 1.19. The van der Waals surface area contributed by atoms with Crippen molar-refractivity contribution in [3.63, 3.8) is 0 Å². The van der Waals surface area contributed by atoms with E-state index in [0.717, 1.165) is 24.3 Å². The van der Waals surface area contributed by atoms with Gasteiger partial charge in [0.25, 0.3) is 0 Å². The Bertz CT molecular complexity index is 590. The van der Waals surface area contributed by atoms with E-state index in [9.17, 15) is 4.79 Å². The third-order valence-electron chi connectivity index (χ3n) is 6.03. The molecule has 4 rings (SSSR count). The van der Waals surface area contributed by atoms with Gasteiger partial charge >= 0.3 is 0 Å². The lowest BCUT2D eigenvalue weighted by Gasteiger charge is -2.34. The number of carbonyl (C=O) groups is 1. The van der Waals surface area contributed by atoms with Crippen LogP contribution in [0.4, 0.5) is 0 Å². The molecule has 0 aromatic heterocycles. The molecule has 2 aliphatic heterocycles. The molecule has 3 unspecified atom stereocenters. The van der Waals surface area contributed by atoms with E-state index >= 15 is 0 Å². The Balaban J connectivity index is 0.00000182. The van der Waals surface area contributed by atoms with E-state index in [1.165, 1.54) is 31.2 Å². The van der Waals surface area contributed by atoms with Gasteiger partial charge in [0, 0.05) is 29.6 Å². The number of nitrogens with zero attached hydrogens (tertiary/aromatic N) is 1. The van der Waals surface area contributed by atoms with E-state index < -0.39 is 0 Å². The van der Waals surface area contributed by atoms with Crippen LogP contribution < -0.4 is 5.32 Å². The minimum absolute atomic E-state index is 0. The van der Waals surface area contributed by atoms with Gasteiger partial charge in [-0.05, 0) is 69.1 Å². The van der Waals surface area contributed by atoms with Crippen molar-refractivity contribution >= 4 is 29.9 Å². The molecule has 3 atom stereocenters. The number of hydrogen-bond donors (Lipinski definition) is 1. The quantitative estimate of drug-likeness (QED) is 0.797. The van der Waals surface area contributed by atoms with Crippen LogP contribution in [0.2, 0.25) is 5.02 Å². The van der Waals surface area contributed by atoms with E-state index in [-0.39, 0.29) is 18.4 Å². The Morgan fingerprint density at radius 3 is 2.32 bits per heavy atom. The van der Waals surface area contributed by atoms with Gasteiger partial charge in [0.2, 0.25) is 5.91 Å². The van der Waals surface area contributed by atoms with Crippen LogP contribution in [0.1, 0.15) is 63.5 Å². The van der Waals surface area contributed by atoms with Gasteiger partial charge < -0.3 is 10.2 Å². The van der Waals surface area contributed by atoms with Crippen LogP contribution in [-0.4, -0.2) is 28.9 Å². The molecule has 1 amide bonds. The first-order valence-corrected chi connectivity index (χ1v) is 9.80. The van der Waals surface area contributed by atoms with Crippen LogP contribution in [0.15, 0.2) is 24.3 Å². The third kappa shape index (κ3) is 4.32. The monoisotopic (exact) mass is 382 g/mol. The van der Waals surface area contributed by atoms with Crippen LogP contribution in [0.3, 0.4) is 0 Å². The SMILES string of the molecule is CC(c1ccc(Cl)cc1)N(C(=O)CC1CC2CCC(C1)N2)C1CC1.Cl. The molecule has 1 aromatic carbocycles. The summed E-state index contributed by atoms with van der Waals surface area (Å²) in [5, 5.41) is 4.42. The van der Waals surface area contributed by atoms with Crippen LogP contribution in [0.25, 0.3) is 0 Å². The topological polar surface area (TPSA) is 32.3 Å². The molecule has 2 bridgehead atoms. The molecule has 5 heteroatoms. The summed E-state index contributed by atoms with van der Waals surface area (Å²) in [6, 6.07) is 9.86. The fourth-order valence-corrected chi connectivity index (χ4v) is 4.81. The molecule has 3 aliphatic rings. The van der Waals surface area contributed by atoms with Gasteiger partial charge in [0.05, 0.1) is 6.04 Å². The first kappa shape index (κ1) is 19.0. The fraction of sp³-hybridized carbons (Fsp3) is 0.650. The molecule has 3 nitrogen and oxygen atoms in total. The molecular formula is C20H28Cl2N2O. The van der Waals surface area contributed by atoms with Crippen molar-refractivity contribution in [1.82, 2.24) is 10.2 Å². The molecule has 138 valence electrons. The van der Waals surface area contributed by atoms with Gasteiger partial charge in [-0.1, -0.05) is 23.7 Å². The van der Waals surface area contributed by atoms with Crippen molar-refractivity contribution < 1.29 is 4.79 Å². The summed E-state index contributed by atoms with van der Waals surface area (Å²) in [6.45, 7) is 2.16. The largest absolute Gasteiger partial charge is 0.333 e. The van der Waals surface area contributed by atoms with Gasteiger partial charge in [-0.15, -0.1) is 12.4 Å². The summed E-state index contributed by atoms with van der Waals surface area (Å²) >= 11 is 6.01. The van der Waals surface area contributed by atoms with Gasteiger partial charge in [0.15, 0.2) is 0 Å². The smallest absolute Gasteiger partial charge is 0.223 e. The van der Waals surface area contributed by atoms with Crippen molar-refractivity contribution in [2.24, 2.45) is 5.92 Å². The minimum atomic E-state index is 0. The maximum absolute atomic E-state index is 13.1. The van der Waals surface area contributed by atoms with Gasteiger partial charge in [0.1, 0.15) is 0 Å². The molecule has 0 spiro atoms. The highest BCUT2D eigenvalue weighted by atomic mass is 35.5. The zero-order valence-corrected chi connectivity index (χ0v) is 16.4. The van der Waals surface area contributed by atoms with Crippen molar-refractivity contribution in [1.29, 1.82) is 0 Å². The molecule has 1 saturated carbocycles. The molecule has 3 fully saturated rings. The first-order chi connectivity index (χ1) is 11.6. The number of halogens is 2. The summed E-state index contributed by atoms with van der Waals surface area (Å²) in [6.07, 6.45) is 7.98. The molecular weight excluding hydrogens is 355 g/mol. The third-order valence-corrected chi connectivity index (χ3v) is 6.28. The molecule has 2 heterocycles. The van der Waals surface area contributed by atoms with E-state index in [0.29, 0.717) is 30.0 Å². The number of hydrogen-bond acceptors (Lipinski definition) is 2. The summed E-state index contributed by atoms with van der Waals surface area (Å²) in [7, 11) is 0. The Kier molecular flexibility index (Phi) is 5.97. The van der Waals surface area contributed by atoms with Gasteiger partial charge in [-0.2, -0.15) is 0 Å². The number of carbonyl (C=O) groups excluding carboxylic acids is 1. The van der Waals surface area contributed by atoms with Gasteiger partial charge in [-0.3, -0.25) is 4.79 Å². The highest BCUT2D eigenvalue weighted by Crippen LogP contribution is 2.38. The lowest BCUT2D eigenvalue weighted by atomic mass is 9.89. The van der Waals surface area contributed by atoms with Gasteiger partial charge in [-0.25, -0.2) is 0 Å². The molecule has 2 saturated heterocycles. The highest BCUT2D eigenvalue weighted by molar-refractivity contribution is 6.30. The Morgan fingerprint density at radius 1 is 1.16 bits per heavy atom. The second kappa shape index (κ2) is 7.85. The van der Waals surface area contributed by atoms with Crippen molar-refractivity contribution in [3.05, 3.63) is 34.9 Å². The van der Waals surface area contributed by atoms with Crippen molar-refractivity contribution in [2.75, 3.05) is 0 Å². The molecule has 1 aliphatic carbocycles. The summed E-state index contributed by atoms with van der Waals surface area (Å²) in [5.74, 6) is 0.918. The van der Waals surface area contributed by atoms with Crippen LogP contribution in [0, 0.1) is 5.92 Å². The van der Waals surface area contributed by atoms with Crippen LogP contribution in [-0.2, 0) is 4.79 Å². The minimum Gasteiger partial charge on any atom is -0.333 e. The number of piperidine rings is 1. The molecule has 0 radical (unpaired) electrons. The van der Waals surface area contributed by atoms with Crippen molar-refractivity contribution in [3.8, 4) is 0 Å². The Labute approximate surface area is 161 Å². The highest BCUT2D eigenvalue weighted by Gasteiger charge is 2.39. The zero-order valence-electron chi connectivity index (χ0n) is 14.8. The Morgan fingerprint density at radius 2 is 1.76 bits per heavy atom. The first-order valence-electron chi connectivity index (χ1n) is 9.43. The number of rotatable bonds is 5. The maximum atomic E-state index is 13.1. The second-order valence-corrected chi connectivity index (χ2v) is 8.38. The summed E-state index contributed by atoms with van der Waals surface area (Å²) in [4.78, 5) is 15.2. The van der Waals surface area contributed by atoms with Crippen molar-refractivity contribution in [2.45, 2.75) is 76.0 Å². The predicted octanol–water partition coefficient (Wildman–Crippen LogP) is 4.73. The summed E-state index contributed by atoms with van der Waals surface area (Å²) < 4.78 is 0. The number of fused-ring (bicyclic) bond motifs is 2. The molecule has 25 heavy (non-hydrogen) atoms. The lowest BCUT2D eigenvalue weighted by Crippen LogP contribution is -2.41. The van der Waals surface area contributed by atoms with E-state index in [2.05, 4.69) is 29.3 Å². The van der Waals surface area contributed by atoms with Crippen LogP contribution >= 0.6 is 24.0 Å². The Hall–Kier alpha value is -0.770. The fourth-order valence-electron chi connectivity index (χ4n) is 4.68. The second-order valence-electron chi connectivity index (χ2n) is 7.94. The standard InChI is InChI=1S/C20H27ClN2O.ClH/c1-13(15-2-4-16(21)5-3-15)23(19-8-9-19)20(24)12-14-10-17-6-7-18(11-14)22-17;/h2-5,13-14,17-19,22H,6-12H2,1H3;1H. The molecule has 1 N–H and O–H groups in total. The average Bonchev–Trinajstić information content (AvgIpc) is 3.32.